The number of methoxy groups -OCH3 is 1. The molecule has 0 rings (SSSR count). The van der Waals surface area contributed by atoms with Crippen molar-refractivity contribution < 1.29 is 4.74 Å². The highest BCUT2D eigenvalue weighted by molar-refractivity contribution is 14.1. The van der Waals surface area contributed by atoms with E-state index in [0.29, 0.717) is 12.0 Å². The molecule has 2 nitrogen and oxygen atoms in total. The van der Waals surface area contributed by atoms with Crippen LogP contribution in [0.2, 0.25) is 0 Å². The van der Waals surface area contributed by atoms with Crippen molar-refractivity contribution in [2.24, 2.45) is 5.92 Å². The number of ether oxygens (including phenoxy) is 1. The molecule has 0 spiro atoms. The quantitative estimate of drug-likeness (QED) is 0.451. The Labute approximate surface area is 83.2 Å². The highest BCUT2D eigenvalue weighted by atomic mass is 127. The first-order chi connectivity index (χ1) is 5.22. The molecule has 0 bridgehead atoms. The van der Waals surface area contributed by atoms with Gasteiger partial charge in [0, 0.05) is 24.1 Å². The summed E-state index contributed by atoms with van der Waals surface area (Å²) in [7, 11) is 1.73. The summed E-state index contributed by atoms with van der Waals surface area (Å²) in [6, 6.07) is 0.630. The van der Waals surface area contributed by atoms with Crippen LogP contribution in [-0.2, 0) is 4.74 Å². The van der Waals surface area contributed by atoms with Crippen LogP contribution in [0.4, 0.5) is 0 Å². The SMILES string of the molecule is COCCNC(CI)C(C)C. The van der Waals surface area contributed by atoms with Crippen LogP contribution in [0.15, 0.2) is 0 Å². The van der Waals surface area contributed by atoms with Gasteiger partial charge in [-0.05, 0) is 5.92 Å². The molecule has 1 N–H and O–H groups in total. The first kappa shape index (κ1) is 11.6. The Morgan fingerprint density at radius 1 is 1.45 bits per heavy atom. The van der Waals surface area contributed by atoms with Gasteiger partial charge in [-0.3, -0.25) is 0 Å². The predicted octanol–water partition coefficient (Wildman–Crippen LogP) is 1.68. The lowest BCUT2D eigenvalue weighted by molar-refractivity contribution is 0.194. The average molecular weight is 271 g/mol. The van der Waals surface area contributed by atoms with Crippen LogP contribution in [0.3, 0.4) is 0 Å². The van der Waals surface area contributed by atoms with Crippen molar-refractivity contribution in [1.29, 1.82) is 0 Å². The highest BCUT2D eigenvalue weighted by Crippen LogP contribution is 2.04. The predicted molar refractivity (Wildman–Crippen MR) is 57.4 cm³/mol. The Morgan fingerprint density at radius 2 is 2.09 bits per heavy atom. The lowest BCUT2D eigenvalue weighted by atomic mass is 10.1. The highest BCUT2D eigenvalue weighted by Gasteiger charge is 2.09. The van der Waals surface area contributed by atoms with Gasteiger partial charge in [-0.15, -0.1) is 0 Å². The first-order valence-electron chi connectivity index (χ1n) is 4.00. The number of hydrogen-bond donors (Lipinski definition) is 1. The number of halogens is 1. The molecule has 1 atom stereocenters. The smallest absolute Gasteiger partial charge is 0.0587 e. The van der Waals surface area contributed by atoms with Crippen LogP contribution in [0.5, 0.6) is 0 Å². The van der Waals surface area contributed by atoms with Gasteiger partial charge in [-0.2, -0.15) is 0 Å². The molecule has 0 amide bonds. The van der Waals surface area contributed by atoms with Crippen LogP contribution in [0.1, 0.15) is 13.8 Å². The second kappa shape index (κ2) is 7.31. The molecular formula is C8H18INO. The average Bonchev–Trinajstić information content (AvgIpc) is 1.97. The number of alkyl halides is 1. The molecule has 0 aromatic carbocycles. The van der Waals surface area contributed by atoms with E-state index < -0.39 is 0 Å². The van der Waals surface area contributed by atoms with Crippen molar-refractivity contribution in [1.82, 2.24) is 5.32 Å². The monoisotopic (exact) mass is 271 g/mol. The van der Waals surface area contributed by atoms with E-state index in [-0.39, 0.29) is 0 Å². The van der Waals surface area contributed by atoms with Crippen LogP contribution in [-0.4, -0.2) is 30.7 Å². The maximum atomic E-state index is 4.95. The second-order valence-electron chi connectivity index (χ2n) is 2.95. The molecule has 0 aromatic heterocycles. The van der Waals surface area contributed by atoms with E-state index in [4.69, 9.17) is 4.74 Å². The van der Waals surface area contributed by atoms with Gasteiger partial charge in [0.25, 0.3) is 0 Å². The zero-order valence-electron chi connectivity index (χ0n) is 7.56. The molecule has 0 radical (unpaired) electrons. The largest absolute Gasteiger partial charge is 0.383 e. The third kappa shape index (κ3) is 5.87. The zero-order chi connectivity index (χ0) is 8.69. The molecule has 1 unspecified atom stereocenters. The van der Waals surface area contributed by atoms with Gasteiger partial charge in [0.05, 0.1) is 6.61 Å². The van der Waals surface area contributed by atoms with Crippen molar-refractivity contribution in [3.8, 4) is 0 Å². The van der Waals surface area contributed by atoms with E-state index in [0.717, 1.165) is 13.2 Å². The van der Waals surface area contributed by atoms with E-state index in [1.54, 1.807) is 7.11 Å². The van der Waals surface area contributed by atoms with Crippen LogP contribution >= 0.6 is 22.6 Å². The van der Waals surface area contributed by atoms with E-state index in [2.05, 4.69) is 41.8 Å². The third-order valence-corrected chi connectivity index (χ3v) is 2.63. The number of nitrogens with one attached hydrogen (secondary N) is 1. The van der Waals surface area contributed by atoms with Gasteiger partial charge in [0.1, 0.15) is 0 Å². The van der Waals surface area contributed by atoms with Crippen molar-refractivity contribution in [2.75, 3.05) is 24.7 Å². The van der Waals surface area contributed by atoms with E-state index >= 15 is 0 Å². The molecule has 0 aromatic rings. The lowest BCUT2D eigenvalue weighted by Crippen LogP contribution is -2.37. The van der Waals surface area contributed by atoms with Gasteiger partial charge in [-0.1, -0.05) is 36.4 Å². The molecule has 0 fully saturated rings. The van der Waals surface area contributed by atoms with Crippen LogP contribution in [0, 0.1) is 5.92 Å². The van der Waals surface area contributed by atoms with Crippen LogP contribution in [0.25, 0.3) is 0 Å². The summed E-state index contributed by atoms with van der Waals surface area (Å²) < 4.78 is 6.12. The van der Waals surface area contributed by atoms with Crippen molar-refractivity contribution >= 4 is 22.6 Å². The normalized spacial score (nSPS) is 13.9. The maximum absolute atomic E-state index is 4.95. The summed E-state index contributed by atoms with van der Waals surface area (Å²) in [5.74, 6) is 0.712. The molecular weight excluding hydrogens is 253 g/mol. The molecule has 0 saturated carbocycles. The standard InChI is InChI=1S/C8H18INO/c1-7(2)8(6-9)10-4-5-11-3/h7-8,10H,4-6H2,1-3H3. The fourth-order valence-electron chi connectivity index (χ4n) is 0.815. The summed E-state index contributed by atoms with van der Waals surface area (Å²) in [5, 5.41) is 3.44. The fraction of sp³-hybridized carbons (Fsp3) is 1.00. The zero-order valence-corrected chi connectivity index (χ0v) is 9.72. The molecule has 0 aliphatic rings. The molecule has 0 aliphatic carbocycles. The maximum Gasteiger partial charge on any atom is 0.0587 e. The van der Waals surface area contributed by atoms with Gasteiger partial charge in [0.2, 0.25) is 0 Å². The molecule has 0 heterocycles. The van der Waals surface area contributed by atoms with Gasteiger partial charge >= 0.3 is 0 Å². The summed E-state index contributed by atoms with van der Waals surface area (Å²) >= 11 is 2.41. The number of rotatable bonds is 6. The number of hydrogen-bond acceptors (Lipinski definition) is 2. The van der Waals surface area contributed by atoms with E-state index in [1.807, 2.05) is 0 Å². The molecule has 11 heavy (non-hydrogen) atoms. The Balaban J connectivity index is 3.36. The van der Waals surface area contributed by atoms with Crippen LogP contribution < -0.4 is 5.32 Å². The Morgan fingerprint density at radius 3 is 2.45 bits per heavy atom. The fourth-order valence-corrected chi connectivity index (χ4v) is 2.14. The Bertz CT molecular complexity index is 88.2. The topological polar surface area (TPSA) is 21.3 Å². The Hall–Kier alpha value is 0.650. The molecule has 3 heteroatoms. The molecule has 68 valence electrons. The Kier molecular flexibility index (Phi) is 7.74. The third-order valence-electron chi connectivity index (χ3n) is 1.68. The first-order valence-corrected chi connectivity index (χ1v) is 5.53. The van der Waals surface area contributed by atoms with Crippen molar-refractivity contribution in [3.63, 3.8) is 0 Å². The minimum Gasteiger partial charge on any atom is -0.383 e. The summed E-state index contributed by atoms with van der Waals surface area (Å²) in [6.45, 7) is 6.24. The lowest BCUT2D eigenvalue weighted by Gasteiger charge is -2.19. The van der Waals surface area contributed by atoms with E-state index in [1.165, 1.54) is 4.43 Å². The summed E-state index contributed by atoms with van der Waals surface area (Å²) in [5.41, 5.74) is 0. The minimum absolute atomic E-state index is 0.630. The van der Waals surface area contributed by atoms with Gasteiger partial charge < -0.3 is 10.1 Å². The summed E-state index contributed by atoms with van der Waals surface area (Å²) in [6.07, 6.45) is 0. The minimum atomic E-state index is 0.630. The van der Waals surface area contributed by atoms with Gasteiger partial charge in [0.15, 0.2) is 0 Å². The summed E-state index contributed by atoms with van der Waals surface area (Å²) in [4.78, 5) is 0. The molecule has 0 aliphatic heterocycles. The molecule has 0 saturated heterocycles. The van der Waals surface area contributed by atoms with Gasteiger partial charge in [-0.25, -0.2) is 0 Å². The second-order valence-corrected chi connectivity index (χ2v) is 3.83. The van der Waals surface area contributed by atoms with E-state index in [9.17, 15) is 0 Å². The van der Waals surface area contributed by atoms with Crippen molar-refractivity contribution in [2.45, 2.75) is 19.9 Å². The van der Waals surface area contributed by atoms with Crippen molar-refractivity contribution in [3.05, 3.63) is 0 Å².